The third kappa shape index (κ3) is 4.32. The molecule has 0 bridgehead atoms. The second kappa shape index (κ2) is 8.89. The van der Waals surface area contributed by atoms with E-state index in [9.17, 15) is 5.11 Å². The van der Waals surface area contributed by atoms with E-state index < -0.39 is 0 Å². The van der Waals surface area contributed by atoms with Gasteiger partial charge in [0.25, 0.3) is 0 Å². The summed E-state index contributed by atoms with van der Waals surface area (Å²) < 4.78 is 5.57. The van der Waals surface area contributed by atoms with Crippen molar-refractivity contribution in [3.63, 3.8) is 0 Å². The number of fused-ring (bicyclic) bond motifs is 1. The highest BCUT2D eigenvalue weighted by atomic mass is 16.5. The summed E-state index contributed by atoms with van der Waals surface area (Å²) >= 11 is 0. The first-order valence-electron chi connectivity index (χ1n) is 11.4. The molecule has 1 aliphatic rings. The number of rotatable bonds is 5. The average Bonchev–Trinajstić information content (AvgIpc) is 3.15. The van der Waals surface area contributed by atoms with Crippen LogP contribution in [0.3, 0.4) is 0 Å². The lowest BCUT2D eigenvalue weighted by molar-refractivity contribution is 0.148. The van der Waals surface area contributed by atoms with Crippen LogP contribution in [-0.2, 0) is 6.54 Å². The van der Waals surface area contributed by atoms with Crippen molar-refractivity contribution in [2.45, 2.75) is 13.5 Å². The van der Waals surface area contributed by atoms with Crippen molar-refractivity contribution in [1.82, 2.24) is 19.8 Å². The molecule has 0 radical (unpaired) electrons. The van der Waals surface area contributed by atoms with E-state index >= 15 is 0 Å². The molecule has 0 saturated carbocycles. The number of aryl methyl sites for hydroxylation is 1. The summed E-state index contributed by atoms with van der Waals surface area (Å²) in [6.45, 7) is 7.51. The van der Waals surface area contributed by atoms with Crippen LogP contribution in [-0.4, -0.2) is 65.2 Å². The van der Waals surface area contributed by atoms with Crippen LogP contribution in [0.25, 0.3) is 33.3 Å². The lowest BCUT2D eigenvalue weighted by atomic mass is 9.99. The maximum atomic E-state index is 10.1. The second-order valence-electron chi connectivity index (χ2n) is 8.91. The number of aromatic nitrogens is 2. The number of benzene rings is 2. The highest BCUT2D eigenvalue weighted by molar-refractivity contribution is 5.99. The molecule has 6 nitrogen and oxygen atoms in total. The van der Waals surface area contributed by atoms with E-state index in [2.05, 4.69) is 52.2 Å². The van der Waals surface area contributed by atoms with Crippen LogP contribution in [0.1, 0.15) is 11.3 Å². The fraction of sp³-hybridized carbons (Fsp3) is 0.296. The minimum Gasteiger partial charge on any atom is -0.508 e. The van der Waals surface area contributed by atoms with Crippen molar-refractivity contribution in [1.29, 1.82) is 0 Å². The molecule has 0 atom stereocenters. The molecule has 33 heavy (non-hydrogen) atoms. The normalized spacial score (nSPS) is 15.2. The summed E-state index contributed by atoms with van der Waals surface area (Å²) in [7, 11) is 3.83. The Hall–Kier alpha value is -3.35. The molecule has 5 rings (SSSR count). The van der Waals surface area contributed by atoms with E-state index in [1.54, 1.807) is 25.3 Å². The summed E-state index contributed by atoms with van der Waals surface area (Å²) in [4.78, 5) is 13.0. The summed E-state index contributed by atoms with van der Waals surface area (Å²) in [6, 6.07) is 16.1. The van der Waals surface area contributed by atoms with Gasteiger partial charge in [0, 0.05) is 66.7 Å². The number of nitrogens with zero attached hydrogens (tertiary/aromatic N) is 3. The molecule has 2 aromatic carbocycles. The van der Waals surface area contributed by atoms with Crippen LogP contribution < -0.4 is 4.74 Å². The number of phenols is 1. The standard InChI is InChI=1S/C27H30N4O2/c1-18-26(23-15-22(32)8-9-25(23)33-3)24-14-21(16-28-27(24)29-18)20-6-4-19(5-7-20)17-31-12-10-30(2)11-13-31/h4-9,14-16,32H,10-13,17H2,1-3H3,(H,28,29). The molecule has 1 aliphatic heterocycles. The van der Waals surface area contributed by atoms with Gasteiger partial charge in [-0.25, -0.2) is 4.98 Å². The number of nitrogens with one attached hydrogen (secondary N) is 1. The third-order valence-corrected chi connectivity index (χ3v) is 6.58. The van der Waals surface area contributed by atoms with Gasteiger partial charge >= 0.3 is 0 Å². The predicted octanol–water partition coefficient (Wildman–Crippen LogP) is 4.67. The topological polar surface area (TPSA) is 64.6 Å². The van der Waals surface area contributed by atoms with Gasteiger partial charge in [0.1, 0.15) is 17.1 Å². The summed E-state index contributed by atoms with van der Waals surface area (Å²) in [5.41, 5.74) is 7.19. The van der Waals surface area contributed by atoms with E-state index in [0.717, 1.165) is 77.5 Å². The van der Waals surface area contributed by atoms with Gasteiger partial charge in [-0.15, -0.1) is 0 Å². The summed E-state index contributed by atoms with van der Waals surface area (Å²) in [5, 5.41) is 11.1. The number of H-pyrrole nitrogens is 1. The Morgan fingerprint density at radius 1 is 1.00 bits per heavy atom. The lowest BCUT2D eigenvalue weighted by Crippen LogP contribution is -2.43. The molecule has 170 valence electrons. The Kier molecular flexibility index (Phi) is 5.79. The Balaban J connectivity index is 1.46. The summed E-state index contributed by atoms with van der Waals surface area (Å²) in [5.74, 6) is 0.926. The fourth-order valence-corrected chi connectivity index (χ4v) is 4.66. The van der Waals surface area contributed by atoms with Crippen molar-refractivity contribution >= 4 is 11.0 Å². The molecule has 1 fully saturated rings. The molecule has 1 saturated heterocycles. The van der Waals surface area contributed by atoms with Gasteiger partial charge in [0.05, 0.1) is 7.11 Å². The number of piperazine rings is 1. The van der Waals surface area contributed by atoms with Gasteiger partial charge in [-0.2, -0.15) is 0 Å². The van der Waals surface area contributed by atoms with E-state index in [0.29, 0.717) is 0 Å². The van der Waals surface area contributed by atoms with Crippen molar-refractivity contribution < 1.29 is 9.84 Å². The zero-order valence-corrected chi connectivity index (χ0v) is 19.4. The quantitative estimate of drug-likeness (QED) is 0.470. The minimum atomic E-state index is 0.208. The number of likely N-dealkylation sites (N-methyl/N-ethyl adjacent to an activating group) is 1. The van der Waals surface area contributed by atoms with Crippen LogP contribution in [0.5, 0.6) is 11.5 Å². The number of hydrogen-bond acceptors (Lipinski definition) is 5. The second-order valence-corrected chi connectivity index (χ2v) is 8.91. The van der Waals surface area contributed by atoms with Crippen molar-refractivity contribution in [3.8, 4) is 33.8 Å². The highest BCUT2D eigenvalue weighted by Gasteiger charge is 2.17. The van der Waals surface area contributed by atoms with Gasteiger partial charge in [-0.05, 0) is 49.4 Å². The summed E-state index contributed by atoms with van der Waals surface area (Å²) in [6.07, 6.45) is 1.91. The van der Waals surface area contributed by atoms with Crippen LogP contribution in [0.4, 0.5) is 0 Å². The number of hydrogen-bond donors (Lipinski definition) is 2. The number of pyridine rings is 1. The average molecular weight is 443 g/mol. The SMILES string of the molecule is COc1ccc(O)cc1-c1c(C)[nH]c2ncc(-c3ccc(CN4CCN(C)CC4)cc3)cc12. The maximum absolute atomic E-state index is 10.1. The van der Waals surface area contributed by atoms with E-state index in [1.165, 1.54) is 5.56 Å². The smallest absolute Gasteiger partial charge is 0.138 e. The molecule has 2 N–H and O–H groups in total. The van der Waals surface area contributed by atoms with Crippen LogP contribution in [0.2, 0.25) is 0 Å². The number of aromatic hydroxyl groups is 1. The van der Waals surface area contributed by atoms with Gasteiger partial charge < -0.3 is 19.7 Å². The van der Waals surface area contributed by atoms with E-state index in [-0.39, 0.29) is 5.75 Å². The number of methoxy groups -OCH3 is 1. The van der Waals surface area contributed by atoms with Gasteiger partial charge in [-0.3, -0.25) is 4.90 Å². The highest BCUT2D eigenvalue weighted by Crippen LogP contribution is 2.40. The van der Waals surface area contributed by atoms with Crippen molar-refractivity contribution in [2.75, 3.05) is 40.3 Å². The Bertz CT molecular complexity index is 1270. The lowest BCUT2D eigenvalue weighted by Gasteiger charge is -2.32. The van der Waals surface area contributed by atoms with Gasteiger partial charge in [0.2, 0.25) is 0 Å². The van der Waals surface area contributed by atoms with E-state index in [1.807, 2.05) is 13.1 Å². The number of aromatic amines is 1. The molecule has 0 unspecified atom stereocenters. The third-order valence-electron chi connectivity index (χ3n) is 6.58. The molecular weight excluding hydrogens is 412 g/mol. The first kappa shape index (κ1) is 21.5. The molecule has 0 amide bonds. The molecule has 6 heteroatoms. The van der Waals surface area contributed by atoms with Crippen LogP contribution in [0.15, 0.2) is 54.7 Å². The maximum Gasteiger partial charge on any atom is 0.138 e. The first-order chi connectivity index (χ1) is 16.0. The van der Waals surface area contributed by atoms with Gasteiger partial charge in [-0.1, -0.05) is 24.3 Å². The minimum absolute atomic E-state index is 0.208. The molecule has 0 aliphatic carbocycles. The largest absolute Gasteiger partial charge is 0.508 e. The molecule has 4 aromatic rings. The monoisotopic (exact) mass is 442 g/mol. The Morgan fingerprint density at radius 2 is 1.76 bits per heavy atom. The van der Waals surface area contributed by atoms with Crippen molar-refractivity contribution in [2.24, 2.45) is 0 Å². The van der Waals surface area contributed by atoms with Gasteiger partial charge in [0.15, 0.2) is 0 Å². The molecule has 0 spiro atoms. The predicted molar refractivity (Wildman–Crippen MR) is 133 cm³/mol. The molecule has 2 aromatic heterocycles. The van der Waals surface area contributed by atoms with E-state index in [4.69, 9.17) is 9.72 Å². The molecule has 3 heterocycles. The Morgan fingerprint density at radius 3 is 2.48 bits per heavy atom. The fourth-order valence-electron chi connectivity index (χ4n) is 4.66. The van der Waals surface area contributed by atoms with Crippen molar-refractivity contribution in [3.05, 3.63) is 66.0 Å². The molecular formula is C27H30N4O2. The Labute approximate surface area is 194 Å². The zero-order chi connectivity index (χ0) is 22.9. The van der Waals surface area contributed by atoms with Crippen LogP contribution >= 0.6 is 0 Å². The van der Waals surface area contributed by atoms with Crippen LogP contribution in [0, 0.1) is 6.92 Å². The number of ether oxygens (including phenoxy) is 1. The zero-order valence-electron chi connectivity index (χ0n) is 19.4. The first-order valence-corrected chi connectivity index (χ1v) is 11.4. The number of phenolic OH excluding ortho intramolecular Hbond substituents is 1.